The average Bonchev–Trinajstić information content (AvgIpc) is 2.73. The number of amides is 1. The van der Waals surface area contributed by atoms with Crippen LogP contribution in [0.4, 0.5) is 0 Å². The van der Waals surface area contributed by atoms with E-state index in [-0.39, 0.29) is 29.5 Å². The monoisotopic (exact) mass is 445 g/mol. The van der Waals surface area contributed by atoms with Crippen molar-refractivity contribution >= 4 is 23.6 Å². The van der Waals surface area contributed by atoms with Crippen LogP contribution in [-0.2, 0) is 14.3 Å². The highest BCUT2D eigenvalue weighted by molar-refractivity contribution is 7.99. The van der Waals surface area contributed by atoms with Crippen LogP contribution < -0.4 is 16.0 Å². The van der Waals surface area contributed by atoms with Gasteiger partial charge in [-0.1, -0.05) is 51.5 Å². The van der Waals surface area contributed by atoms with Gasteiger partial charge in [0.25, 0.3) is 0 Å². The number of ether oxygens (including phenoxy) is 1. The Kier molecular flexibility index (Phi) is 8.06. The molecule has 3 N–H and O–H groups in total. The zero-order chi connectivity index (χ0) is 22.5. The Balaban J connectivity index is 1.96. The van der Waals surface area contributed by atoms with Gasteiger partial charge in [0.2, 0.25) is 5.91 Å². The molecule has 2 aliphatic rings. The van der Waals surface area contributed by atoms with E-state index in [0.717, 1.165) is 29.9 Å². The molecule has 6 nitrogen and oxygen atoms in total. The number of nitrogens with one attached hydrogen (secondary N) is 3. The molecule has 0 aliphatic carbocycles. The molecule has 4 atom stereocenters. The van der Waals surface area contributed by atoms with Gasteiger partial charge < -0.3 is 15.4 Å². The molecule has 1 aromatic carbocycles. The summed E-state index contributed by atoms with van der Waals surface area (Å²) < 4.78 is 5.37. The number of esters is 1. The lowest BCUT2D eigenvalue weighted by Gasteiger charge is -2.45. The van der Waals surface area contributed by atoms with E-state index in [9.17, 15) is 9.59 Å². The molecule has 0 aromatic heterocycles. The number of benzene rings is 1. The van der Waals surface area contributed by atoms with Gasteiger partial charge in [-0.05, 0) is 43.1 Å². The Labute approximate surface area is 190 Å². The summed E-state index contributed by atoms with van der Waals surface area (Å²) in [7, 11) is 0. The molecule has 31 heavy (non-hydrogen) atoms. The molecule has 1 saturated heterocycles. The maximum absolute atomic E-state index is 13.3. The number of carbonyl (C=O) groups is 2. The van der Waals surface area contributed by atoms with Crippen molar-refractivity contribution in [2.75, 3.05) is 12.4 Å². The van der Waals surface area contributed by atoms with Crippen molar-refractivity contribution in [1.29, 1.82) is 0 Å². The Hall–Kier alpha value is -1.99. The van der Waals surface area contributed by atoms with Gasteiger partial charge >= 0.3 is 5.97 Å². The Morgan fingerprint density at radius 3 is 2.48 bits per heavy atom. The van der Waals surface area contributed by atoms with Crippen LogP contribution in [0.15, 0.2) is 35.5 Å². The van der Waals surface area contributed by atoms with Crippen molar-refractivity contribution in [2.45, 2.75) is 71.0 Å². The van der Waals surface area contributed by atoms with E-state index in [2.05, 4.69) is 48.9 Å². The second-order valence-corrected chi connectivity index (χ2v) is 9.70. The smallest absolute Gasteiger partial charge is 0.336 e. The molecule has 7 heteroatoms. The van der Waals surface area contributed by atoms with E-state index in [4.69, 9.17) is 4.74 Å². The van der Waals surface area contributed by atoms with Gasteiger partial charge in [-0.15, -0.1) is 11.8 Å². The summed E-state index contributed by atoms with van der Waals surface area (Å²) >= 11 is 1.71. The Morgan fingerprint density at radius 2 is 1.87 bits per heavy atom. The molecule has 0 spiro atoms. The van der Waals surface area contributed by atoms with Crippen molar-refractivity contribution in [3.63, 3.8) is 0 Å². The maximum Gasteiger partial charge on any atom is 0.336 e. The lowest BCUT2D eigenvalue weighted by Crippen LogP contribution is -2.67. The molecule has 0 bridgehead atoms. The van der Waals surface area contributed by atoms with Crippen LogP contribution in [0.5, 0.6) is 0 Å². The van der Waals surface area contributed by atoms with E-state index < -0.39 is 5.92 Å². The van der Waals surface area contributed by atoms with Crippen LogP contribution >= 0.6 is 11.8 Å². The molecular formula is C24H35N3O3S. The minimum Gasteiger partial charge on any atom is -0.463 e. The molecule has 4 unspecified atom stereocenters. The number of thioether (sulfide) groups is 1. The molecule has 170 valence electrons. The van der Waals surface area contributed by atoms with Crippen LogP contribution in [0.3, 0.4) is 0 Å². The fourth-order valence-electron chi connectivity index (χ4n) is 4.27. The lowest BCUT2D eigenvalue weighted by atomic mass is 9.74. The van der Waals surface area contributed by atoms with Crippen molar-refractivity contribution in [1.82, 2.24) is 16.0 Å². The van der Waals surface area contributed by atoms with Crippen LogP contribution in [0.2, 0.25) is 0 Å². The summed E-state index contributed by atoms with van der Waals surface area (Å²) in [4.78, 5) is 26.2. The molecule has 2 heterocycles. The SMILES string of the molecule is CCCCSC1NC(=O)C2C(NC(C)=C(C(=O)OCC)C2c2ccc(C(C)C)cc2)N1. The maximum atomic E-state index is 13.3. The molecule has 1 fully saturated rings. The molecule has 0 saturated carbocycles. The van der Waals surface area contributed by atoms with Gasteiger partial charge in [-0.2, -0.15) is 0 Å². The van der Waals surface area contributed by atoms with E-state index in [0.29, 0.717) is 18.1 Å². The topological polar surface area (TPSA) is 79.5 Å². The van der Waals surface area contributed by atoms with Gasteiger partial charge in [0.05, 0.1) is 24.3 Å². The van der Waals surface area contributed by atoms with Crippen molar-refractivity contribution in [3.05, 3.63) is 46.7 Å². The molecule has 0 radical (unpaired) electrons. The third-order valence-electron chi connectivity index (χ3n) is 5.95. The second kappa shape index (κ2) is 10.6. The van der Waals surface area contributed by atoms with E-state index >= 15 is 0 Å². The fourth-order valence-corrected chi connectivity index (χ4v) is 5.40. The first-order valence-electron chi connectivity index (χ1n) is 11.3. The van der Waals surface area contributed by atoms with Crippen LogP contribution in [-0.4, -0.2) is 35.9 Å². The Morgan fingerprint density at radius 1 is 1.16 bits per heavy atom. The minimum absolute atomic E-state index is 0.0440. The third-order valence-corrected chi connectivity index (χ3v) is 7.06. The largest absolute Gasteiger partial charge is 0.463 e. The second-order valence-electron chi connectivity index (χ2n) is 8.49. The fraction of sp³-hybridized carbons (Fsp3) is 0.583. The number of unbranched alkanes of at least 4 members (excludes halogenated alkanes) is 1. The minimum atomic E-state index is -0.448. The van der Waals surface area contributed by atoms with E-state index in [1.54, 1.807) is 18.7 Å². The average molecular weight is 446 g/mol. The van der Waals surface area contributed by atoms with E-state index in [1.165, 1.54) is 5.56 Å². The number of rotatable bonds is 8. The first-order valence-corrected chi connectivity index (χ1v) is 12.3. The van der Waals surface area contributed by atoms with Gasteiger partial charge in [-0.25, -0.2) is 4.79 Å². The zero-order valence-electron chi connectivity index (χ0n) is 19.2. The molecule has 1 amide bonds. The summed E-state index contributed by atoms with van der Waals surface area (Å²) in [6.07, 6.45) is 1.98. The van der Waals surface area contributed by atoms with Crippen LogP contribution in [0.1, 0.15) is 70.4 Å². The predicted molar refractivity (Wildman–Crippen MR) is 125 cm³/mol. The predicted octanol–water partition coefficient (Wildman–Crippen LogP) is 3.81. The van der Waals surface area contributed by atoms with Crippen LogP contribution in [0, 0.1) is 5.92 Å². The van der Waals surface area contributed by atoms with E-state index in [1.807, 2.05) is 19.1 Å². The highest BCUT2D eigenvalue weighted by Crippen LogP contribution is 2.41. The number of allylic oxidation sites excluding steroid dienone is 1. The zero-order valence-corrected chi connectivity index (χ0v) is 20.0. The highest BCUT2D eigenvalue weighted by Gasteiger charge is 2.48. The number of fused-ring (bicyclic) bond motifs is 1. The summed E-state index contributed by atoms with van der Waals surface area (Å²) in [5.41, 5.74) is 3.34. The number of carbonyl (C=O) groups excluding carboxylic acids is 2. The van der Waals surface area contributed by atoms with Crippen molar-refractivity contribution < 1.29 is 14.3 Å². The molecule has 3 rings (SSSR count). The Bertz CT molecular complexity index is 822. The van der Waals surface area contributed by atoms with Gasteiger partial charge in [0, 0.05) is 11.6 Å². The molecular weight excluding hydrogens is 410 g/mol. The molecule has 2 aliphatic heterocycles. The van der Waals surface area contributed by atoms with Gasteiger partial charge in [0.15, 0.2) is 0 Å². The number of hydrogen-bond acceptors (Lipinski definition) is 6. The van der Waals surface area contributed by atoms with Gasteiger partial charge in [-0.3, -0.25) is 10.1 Å². The first-order chi connectivity index (χ1) is 14.9. The highest BCUT2D eigenvalue weighted by atomic mass is 32.2. The normalized spacial score (nSPS) is 25.7. The summed E-state index contributed by atoms with van der Waals surface area (Å²) in [6.45, 7) is 10.4. The molecule has 1 aromatic rings. The van der Waals surface area contributed by atoms with Crippen molar-refractivity contribution in [2.24, 2.45) is 5.92 Å². The van der Waals surface area contributed by atoms with Crippen molar-refractivity contribution in [3.8, 4) is 0 Å². The van der Waals surface area contributed by atoms with Crippen LogP contribution in [0.25, 0.3) is 0 Å². The lowest BCUT2D eigenvalue weighted by molar-refractivity contribution is -0.139. The summed E-state index contributed by atoms with van der Waals surface area (Å²) in [6, 6.07) is 8.27. The standard InChI is InChI=1S/C24H35N3O3S/c1-6-8-13-31-24-26-21-20(22(28)27-24)19(17-11-9-16(10-12-17)14(3)4)18(15(5)25-21)23(29)30-7-2/h9-12,14,19-21,24-26H,6-8,13H2,1-5H3,(H,27,28). The summed E-state index contributed by atoms with van der Waals surface area (Å²) in [5.74, 6) is 0.164. The number of hydrogen-bond donors (Lipinski definition) is 3. The third kappa shape index (κ3) is 5.26. The van der Waals surface area contributed by atoms with Gasteiger partial charge in [0.1, 0.15) is 5.50 Å². The summed E-state index contributed by atoms with van der Waals surface area (Å²) in [5, 5.41) is 10.0. The first kappa shape index (κ1) is 23.7. The quantitative estimate of drug-likeness (QED) is 0.417.